The van der Waals surface area contributed by atoms with Crippen LogP contribution >= 0.6 is 11.6 Å². The van der Waals surface area contributed by atoms with Crippen LogP contribution < -0.4 is 10.1 Å². The SMILES string of the molecule is O=C(O)CCCNC(=O)COc1ccc(Cl)cc1. The smallest absolute Gasteiger partial charge is 0.303 e. The molecule has 0 saturated carbocycles. The Morgan fingerprint density at radius 2 is 1.94 bits per heavy atom. The topological polar surface area (TPSA) is 75.6 Å². The number of nitrogens with one attached hydrogen (secondary N) is 1. The van der Waals surface area contributed by atoms with E-state index in [9.17, 15) is 9.59 Å². The van der Waals surface area contributed by atoms with Gasteiger partial charge in [-0.3, -0.25) is 9.59 Å². The molecule has 0 spiro atoms. The first-order valence-corrected chi connectivity index (χ1v) is 5.82. The molecule has 1 rings (SSSR count). The Kier molecular flexibility index (Phi) is 6.00. The number of halogens is 1. The number of carbonyl (C=O) groups is 2. The van der Waals surface area contributed by atoms with Crippen LogP contribution in [0.3, 0.4) is 0 Å². The number of carboxylic acid groups (broad SMARTS) is 1. The van der Waals surface area contributed by atoms with E-state index >= 15 is 0 Å². The second-order valence-electron chi connectivity index (χ2n) is 3.59. The Hall–Kier alpha value is -1.75. The van der Waals surface area contributed by atoms with E-state index in [0.29, 0.717) is 23.7 Å². The summed E-state index contributed by atoms with van der Waals surface area (Å²) < 4.78 is 5.21. The van der Waals surface area contributed by atoms with Crippen molar-refractivity contribution in [2.24, 2.45) is 0 Å². The Labute approximate surface area is 110 Å². The van der Waals surface area contributed by atoms with Crippen LogP contribution in [0.2, 0.25) is 5.02 Å². The molecule has 0 saturated heterocycles. The van der Waals surface area contributed by atoms with Crippen molar-refractivity contribution in [1.29, 1.82) is 0 Å². The van der Waals surface area contributed by atoms with Gasteiger partial charge in [-0.15, -0.1) is 0 Å². The van der Waals surface area contributed by atoms with Gasteiger partial charge in [-0.1, -0.05) is 11.6 Å². The van der Waals surface area contributed by atoms with Crippen LogP contribution in [-0.4, -0.2) is 30.1 Å². The zero-order valence-corrected chi connectivity index (χ0v) is 10.4. The van der Waals surface area contributed by atoms with Crippen molar-refractivity contribution in [2.75, 3.05) is 13.2 Å². The van der Waals surface area contributed by atoms with E-state index < -0.39 is 5.97 Å². The summed E-state index contributed by atoms with van der Waals surface area (Å²) in [5.74, 6) is -0.600. The minimum Gasteiger partial charge on any atom is -0.484 e. The van der Waals surface area contributed by atoms with Crippen LogP contribution in [0.15, 0.2) is 24.3 Å². The molecule has 2 N–H and O–H groups in total. The average molecular weight is 272 g/mol. The molecule has 0 bridgehead atoms. The molecule has 0 fully saturated rings. The number of aliphatic carboxylic acids is 1. The number of carboxylic acids is 1. The predicted octanol–water partition coefficient (Wildman–Crippen LogP) is 1.70. The Morgan fingerprint density at radius 1 is 1.28 bits per heavy atom. The summed E-state index contributed by atoms with van der Waals surface area (Å²) in [7, 11) is 0. The van der Waals surface area contributed by atoms with Gasteiger partial charge in [0.1, 0.15) is 5.75 Å². The highest BCUT2D eigenvalue weighted by molar-refractivity contribution is 6.30. The maximum atomic E-state index is 11.3. The quantitative estimate of drug-likeness (QED) is 0.740. The normalized spacial score (nSPS) is 9.83. The average Bonchev–Trinajstić information content (AvgIpc) is 2.34. The van der Waals surface area contributed by atoms with E-state index in [1.165, 1.54) is 0 Å². The first-order chi connectivity index (χ1) is 8.58. The Morgan fingerprint density at radius 3 is 2.56 bits per heavy atom. The molecule has 1 aromatic rings. The lowest BCUT2D eigenvalue weighted by Gasteiger charge is -2.06. The van der Waals surface area contributed by atoms with E-state index in [2.05, 4.69) is 5.32 Å². The van der Waals surface area contributed by atoms with Crippen molar-refractivity contribution >= 4 is 23.5 Å². The molecule has 0 radical (unpaired) electrons. The van der Waals surface area contributed by atoms with Gasteiger partial charge in [0.25, 0.3) is 5.91 Å². The van der Waals surface area contributed by atoms with Gasteiger partial charge in [0, 0.05) is 18.0 Å². The van der Waals surface area contributed by atoms with Crippen LogP contribution in [0.5, 0.6) is 5.75 Å². The van der Waals surface area contributed by atoms with Gasteiger partial charge in [-0.25, -0.2) is 0 Å². The molecule has 0 aliphatic rings. The molecule has 0 aliphatic heterocycles. The zero-order chi connectivity index (χ0) is 13.4. The van der Waals surface area contributed by atoms with Crippen LogP contribution in [0.1, 0.15) is 12.8 Å². The van der Waals surface area contributed by atoms with Gasteiger partial charge in [-0.2, -0.15) is 0 Å². The summed E-state index contributed by atoms with van der Waals surface area (Å²) in [5, 5.41) is 11.6. The number of amides is 1. The monoisotopic (exact) mass is 271 g/mol. The molecular formula is C12H14ClNO4. The molecule has 0 unspecified atom stereocenters. The number of benzene rings is 1. The first kappa shape index (κ1) is 14.3. The fourth-order valence-corrected chi connectivity index (χ4v) is 1.32. The lowest BCUT2D eigenvalue weighted by molar-refractivity contribution is -0.137. The minimum absolute atomic E-state index is 0.0400. The van der Waals surface area contributed by atoms with Gasteiger partial charge in [-0.05, 0) is 30.7 Å². The van der Waals surface area contributed by atoms with Crippen LogP contribution in [-0.2, 0) is 9.59 Å². The second-order valence-corrected chi connectivity index (χ2v) is 4.03. The van der Waals surface area contributed by atoms with Crippen molar-refractivity contribution in [1.82, 2.24) is 5.32 Å². The lowest BCUT2D eigenvalue weighted by atomic mass is 10.3. The summed E-state index contributed by atoms with van der Waals surface area (Å²) in [6.45, 7) is 0.226. The van der Waals surface area contributed by atoms with E-state index in [-0.39, 0.29) is 18.9 Å². The fourth-order valence-electron chi connectivity index (χ4n) is 1.20. The highest BCUT2D eigenvalue weighted by atomic mass is 35.5. The molecule has 0 aromatic heterocycles. The number of carbonyl (C=O) groups excluding carboxylic acids is 1. The van der Waals surface area contributed by atoms with E-state index in [4.69, 9.17) is 21.4 Å². The summed E-state index contributed by atoms with van der Waals surface area (Å²) in [5.41, 5.74) is 0. The number of rotatable bonds is 7. The Balaban J connectivity index is 2.17. The maximum Gasteiger partial charge on any atom is 0.303 e. The maximum absolute atomic E-state index is 11.3. The van der Waals surface area contributed by atoms with Gasteiger partial charge in [0.05, 0.1) is 0 Å². The summed E-state index contributed by atoms with van der Waals surface area (Å²) in [4.78, 5) is 21.6. The Bertz CT molecular complexity index is 405. The highest BCUT2D eigenvalue weighted by Gasteiger charge is 2.03. The van der Waals surface area contributed by atoms with Gasteiger partial charge >= 0.3 is 5.97 Å². The van der Waals surface area contributed by atoms with E-state index in [0.717, 1.165) is 0 Å². The van der Waals surface area contributed by atoms with E-state index in [1.807, 2.05) is 0 Å². The third-order valence-electron chi connectivity index (χ3n) is 2.07. The van der Waals surface area contributed by atoms with Crippen molar-refractivity contribution in [3.8, 4) is 5.75 Å². The molecule has 0 atom stereocenters. The third-order valence-corrected chi connectivity index (χ3v) is 2.33. The zero-order valence-electron chi connectivity index (χ0n) is 9.69. The van der Waals surface area contributed by atoms with Crippen molar-refractivity contribution in [2.45, 2.75) is 12.8 Å². The largest absolute Gasteiger partial charge is 0.484 e. The molecule has 5 nitrogen and oxygen atoms in total. The fraction of sp³-hybridized carbons (Fsp3) is 0.333. The van der Waals surface area contributed by atoms with Crippen molar-refractivity contribution in [3.63, 3.8) is 0 Å². The van der Waals surface area contributed by atoms with Crippen LogP contribution in [0, 0.1) is 0 Å². The summed E-state index contributed by atoms with van der Waals surface area (Å²) in [6, 6.07) is 6.67. The number of hydrogen-bond acceptors (Lipinski definition) is 3. The van der Waals surface area contributed by atoms with Gasteiger partial charge < -0.3 is 15.2 Å². The van der Waals surface area contributed by atoms with Crippen molar-refractivity contribution in [3.05, 3.63) is 29.3 Å². The number of ether oxygens (including phenoxy) is 1. The van der Waals surface area contributed by atoms with Gasteiger partial charge in [0.15, 0.2) is 6.61 Å². The molecular weight excluding hydrogens is 258 g/mol. The molecule has 0 heterocycles. The van der Waals surface area contributed by atoms with Gasteiger partial charge in [0.2, 0.25) is 0 Å². The molecule has 1 amide bonds. The lowest BCUT2D eigenvalue weighted by Crippen LogP contribution is -2.29. The van der Waals surface area contributed by atoms with E-state index in [1.54, 1.807) is 24.3 Å². The highest BCUT2D eigenvalue weighted by Crippen LogP contribution is 2.15. The molecule has 0 aliphatic carbocycles. The van der Waals surface area contributed by atoms with Crippen LogP contribution in [0.4, 0.5) is 0 Å². The molecule has 98 valence electrons. The van der Waals surface area contributed by atoms with Crippen molar-refractivity contribution < 1.29 is 19.4 Å². The standard InChI is InChI=1S/C12H14ClNO4/c13-9-3-5-10(6-4-9)18-8-11(15)14-7-1-2-12(16)17/h3-6H,1-2,7-8H2,(H,14,15)(H,16,17). The molecule has 18 heavy (non-hydrogen) atoms. The summed E-state index contributed by atoms with van der Waals surface area (Å²) >= 11 is 5.70. The second kappa shape index (κ2) is 7.55. The van der Waals surface area contributed by atoms with Crippen LogP contribution in [0.25, 0.3) is 0 Å². The first-order valence-electron chi connectivity index (χ1n) is 5.45. The number of hydrogen-bond donors (Lipinski definition) is 2. The minimum atomic E-state index is -0.873. The molecule has 1 aromatic carbocycles. The summed E-state index contributed by atoms with van der Waals surface area (Å²) in [6.07, 6.45) is 0.445. The third kappa shape index (κ3) is 6.10. The predicted molar refractivity (Wildman–Crippen MR) is 66.8 cm³/mol. The molecule has 6 heteroatoms.